The molecule has 0 radical (unpaired) electrons. The van der Waals surface area contributed by atoms with Crippen molar-refractivity contribution in [1.82, 2.24) is 15.8 Å². The largest absolute Gasteiger partial charge is 0.271 e. The van der Waals surface area contributed by atoms with Crippen molar-refractivity contribution >= 4 is 11.8 Å². The summed E-state index contributed by atoms with van der Waals surface area (Å²) in [7, 11) is 0. The maximum Gasteiger partial charge on any atom is 0.271 e. The zero-order valence-electron chi connectivity index (χ0n) is 9.46. The van der Waals surface area contributed by atoms with Crippen LogP contribution >= 0.6 is 0 Å². The van der Waals surface area contributed by atoms with E-state index in [0.29, 0.717) is 11.1 Å². The van der Waals surface area contributed by atoms with Crippen molar-refractivity contribution in [3.05, 3.63) is 66.0 Å². The number of hydrazine groups is 1. The van der Waals surface area contributed by atoms with E-state index >= 15 is 0 Å². The maximum atomic E-state index is 11.6. The van der Waals surface area contributed by atoms with Crippen molar-refractivity contribution in [2.75, 3.05) is 0 Å². The van der Waals surface area contributed by atoms with Gasteiger partial charge in [-0.3, -0.25) is 25.4 Å². The zero-order chi connectivity index (χ0) is 12.8. The van der Waals surface area contributed by atoms with E-state index < -0.39 is 5.91 Å². The van der Waals surface area contributed by atoms with Gasteiger partial charge < -0.3 is 0 Å². The molecule has 2 amide bonds. The van der Waals surface area contributed by atoms with Gasteiger partial charge in [0.2, 0.25) is 0 Å². The Morgan fingerprint density at radius 2 is 1.44 bits per heavy atom. The van der Waals surface area contributed by atoms with E-state index in [2.05, 4.69) is 15.8 Å². The van der Waals surface area contributed by atoms with Gasteiger partial charge in [-0.1, -0.05) is 18.2 Å². The fourth-order valence-corrected chi connectivity index (χ4v) is 1.34. The third-order valence-electron chi connectivity index (χ3n) is 2.25. The molecule has 0 unspecified atom stereocenters. The number of pyridine rings is 1. The fraction of sp³-hybridized carbons (Fsp3) is 0. The molecule has 1 aromatic heterocycles. The molecule has 2 aromatic rings. The van der Waals surface area contributed by atoms with Gasteiger partial charge in [-0.15, -0.1) is 0 Å². The molecule has 0 spiro atoms. The lowest BCUT2D eigenvalue weighted by atomic mass is 10.2. The number of carbonyl (C=O) groups excluding carboxylic acids is 2. The van der Waals surface area contributed by atoms with Gasteiger partial charge in [0.1, 0.15) is 0 Å². The van der Waals surface area contributed by atoms with Crippen LogP contribution in [0.1, 0.15) is 20.7 Å². The standard InChI is InChI=1S/C13H11N3O2/c17-12(10-5-2-1-3-6-10)15-16-13(18)11-7-4-8-14-9-11/h1-9H,(H,15,17)(H,16,18). The van der Waals surface area contributed by atoms with Crippen molar-refractivity contribution < 1.29 is 9.59 Å². The van der Waals surface area contributed by atoms with Crippen molar-refractivity contribution in [2.45, 2.75) is 0 Å². The first-order valence-electron chi connectivity index (χ1n) is 5.33. The van der Waals surface area contributed by atoms with Gasteiger partial charge in [-0.05, 0) is 24.3 Å². The summed E-state index contributed by atoms with van der Waals surface area (Å²) in [5.41, 5.74) is 5.51. The monoisotopic (exact) mass is 241 g/mol. The van der Waals surface area contributed by atoms with Gasteiger partial charge >= 0.3 is 0 Å². The average Bonchev–Trinajstić information content (AvgIpc) is 2.46. The second-order valence-corrected chi connectivity index (χ2v) is 3.52. The Morgan fingerprint density at radius 3 is 2.06 bits per heavy atom. The Hall–Kier alpha value is -2.69. The molecule has 0 aliphatic carbocycles. The van der Waals surface area contributed by atoms with Crippen molar-refractivity contribution in [2.24, 2.45) is 0 Å². The quantitative estimate of drug-likeness (QED) is 0.775. The van der Waals surface area contributed by atoms with Crippen LogP contribution in [0.25, 0.3) is 0 Å². The van der Waals surface area contributed by atoms with Crippen molar-refractivity contribution in [1.29, 1.82) is 0 Å². The van der Waals surface area contributed by atoms with Gasteiger partial charge in [0.25, 0.3) is 11.8 Å². The van der Waals surface area contributed by atoms with Crippen LogP contribution < -0.4 is 10.9 Å². The first-order chi connectivity index (χ1) is 8.77. The second-order valence-electron chi connectivity index (χ2n) is 3.52. The third-order valence-corrected chi connectivity index (χ3v) is 2.25. The lowest BCUT2D eigenvalue weighted by Gasteiger charge is -2.06. The van der Waals surface area contributed by atoms with Crippen LogP contribution in [-0.2, 0) is 0 Å². The first-order valence-corrected chi connectivity index (χ1v) is 5.33. The molecule has 1 aromatic carbocycles. The predicted octanol–water partition coefficient (Wildman–Crippen LogP) is 1.16. The normalized spacial score (nSPS) is 9.56. The van der Waals surface area contributed by atoms with Crippen LogP contribution in [-0.4, -0.2) is 16.8 Å². The van der Waals surface area contributed by atoms with E-state index in [1.165, 1.54) is 6.20 Å². The SMILES string of the molecule is O=C(NNC(=O)c1cccnc1)c1ccccc1. The maximum absolute atomic E-state index is 11.6. The van der Waals surface area contributed by atoms with Crippen molar-refractivity contribution in [3.63, 3.8) is 0 Å². The third kappa shape index (κ3) is 2.91. The highest BCUT2D eigenvalue weighted by atomic mass is 16.2. The van der Waals surface area contributed by atoms with E-state index in [4.69, 9.17) is 0 Å². The number of aromatic nitrogens is 1. The van der Waals surface area contributed by atoms with Crippen molar-refractivity contribution in [3.8, 4) is 0 Å². The summed E-state index contributed by atoms with van der Waals surface area (Å²) >= 11 is 0. The van der Waals surface area contributed by atoms with E-state index in [1.54, 1.807) is 42.6 Å². The second kappa shape index (κ2) is 5.58. The molecule has 0 saturated carbocycles. The van der Waals surface area contributed by atoms with Gasteiger partial charge in [0.05, 0.1) is 5.56 Å². The van der Waals surface area contributed by atoms with Crippen LogP contribution in [0, 0.1) is 0 Å². The number of carbonyl (C=O) groups is 2. The average molecular weight is 241 g/mol. The lowest BCUT2D eigenvalue weighted by Crippen LogP contribution is -2.41. The number of hydrogen-bond donors (Lipinski definition) is 2. The minimum atomic E-state index is -0.410. The molecule has 0 bridgehead atoms. The minimum Gasteiger partial charge on any atom is -0.267 e. The van der Waals surface area contributed by atoms with Gasteiger partial charge in [-0.2, -0.15) is 0 Å². The Bertz CT molecular complexity index is 489. The highest BCUT2D eigenvalue weighted by Gasteiger charge is 2.08. The number of benzene rings is 1. The summed E-state index contributed by atoms with van der Waals surface area (Å²) in [5.74, 6) is -0.778. The van der Waals surface area contributed by atoms with Crippen LogP contribution in [0.5, 0.6) is 0 Å². The predicted molar refractivity (Wildman–Crippen MR) is 65.6 cm³/mol. The summed E-state index contributed by atoms with van der Waals surface area (Å²) in [5, 5.41) is 0. The molecule has 18 heavy (non-hydrogen) atoms. The zero-order valence-corrected chi connectivity index (χ0v) is 9.46. The Kier molecular flexibility index (Phi) is 3.66. The number of nitrogens with one attached hydrogen (secondary N) is 2. The summed E-state index contributed by atoms with van der Waals surface area (Å²) in [6, 6.07) is 11.9. The molecule has 1 heterocycles. The first kappa shape index (κ1) is 11.8. The van der Waals surface area contributed by atoms with E-state index in [0.717, 1.165) is 0 Å². The fourth-order valence-electron chi connectivity index (χ4n) is 1.34. The number of rotatable bonds is 2. The van der Waals surface area contributed by atoms with Crippen LogP contribution in [0.15, 0.2) is 54.9 Å². The molecular formula is C13H11N3O2. The smallest absolute Gasteiger partial charge is 0.267 e. The Morgan fingerprint density at radius 1 is 0.833 bits per heavy atom. The Balaban J connectivity index is 1.93. The van der Waals surface area contributed by atoms with Crippen LogP contribution in [0.4, 0.5) is 0 Å². The Labute approximate surface area is 104 Å². The molecule has 2 rings (SSSR count). The molecular weight excluding hydrogens is 230 g/mol. The van der Waals surface area contributed by atoms with Gasteiger partial charge in [0.15, 0.2) is 0 Å². The van der Waals surface area contributed by atoms with E-state index in [-0.39, 0.29) is 5.91 Å². The number of amides is 2. The molecule has 5 heteroatoms. The summed E-state index contributed by atoms with van der Waals surface area (Å²) in [6.45, 7) is 0. The lowest BCUT2D eigenvalue weighted by molar-refractivity contribution is 0.0846. The highest BCUT2D eigenvalue weighted by Crippen LogP contribution is 1.97. The molecule has 0 fully saturated rings. The van der Waals surface area contributed by atoms with Gasteiger partial charge in [-0.25, -0.2) is 0 Å². The molecule has 0 aliphatic heterocycles. The molecule has 0 atom stereocenters. The van der Waals surface area contributed by atoms with E-state index in [9.17, 15) is 9.59 Å². The topological polar surface area (TPSA) is 71.1 Å². The molecule has 0 saturated heterocycles. The summed E-state index contributed by atoms with van der Waals surface area (Å²) < 4.78 is 0. The number of hydrogen-bond acceptors (Lipinski definition) is 3. The van der Waals surface area contributed by atoms with Crippen LogP contribution in [0.2, 0.25) is 0 Å². The highest BCUT2D eigenvalue weighted by molar-refractivity contribution is 5.98. The summed E-state index contributed by atoms with van der Waals surface area (Å²) in [4.78, 5) is 27.1. The minimum absolute atomic E-state index is 0.368. The van der Waals surface area contributed by atoms with Crippen LogP contribution in [0.3, 0.4) is 0 Å². The number of nitrogens with zero attached hydrogens (tertiary/aromatic N) is 1. The molecule has 0 aliphatic rings. The van der Waals surface area contributed by atoms with E-state index in [1.807, 2.05) is 6.07 Å². The molecule has 2 N–H and O–H groups in total. The molecule has 5 nitrogen and oxygen atoms in total. The summed E-state index contributed by atoms with van der Waals surface area (Å²) in [6.07, 6.45) is 2.99. The molecule has 90 valence electrons. The van der Waals surface area contributed by atoms with Gasteiger partial charge in [0, 0.05) is 18.0 Å².